The highest BCUT2D eigenvalue weighted by Crippen LogP contribution is 2.21. The number of carboxylic acids is 1. The van der Waals surface area contributed by atoms with Crippen molar-refractivity contribution in [2.75, 3.05) is 6.54 Å². The molecule has 1 aromatic rings. The van der Waals surface area contributed by atoms with Crippen LogP contribution in [-0.2, 0) is 11.3 Å². The van der Waals surface area contributed by atoms with E-state index in [1.54, 1.807) is 6.07 Å². The minimum atomic E-state index is -0.767. The first-order valence-electron chi connectivity index (χ1n) is 5.67. The number of likely N-dealkylation sites (tertiary alicyclic amines) is 1. The third-order valence-corrected chi connectivity index (χ3v) is 3.16. The lowest BCUT2D eigenvalue weighted by atomic mass is 10.1. The van der Waals surface area contributed by atoms with Gasteiger partial charge in [-0.25, -0.2) is 0 Å². The van der Waals surface area contributed by atoms with Crippen molar-refractivity contribution in [3.05, 3.63) is 35.4 Å². The maximum Gasteiger partial charge on any atom is 0.320 e. The van der Waals surface area contributed by atoms with Gasteiger partial charge in [-0.3, -0.25) is 9.69 Å². The van der Waals surface area contributed by atoms with Gasteiger partial charge in [0.2, 0.25) is 0 Å². The topological polar surface area (TPSA) is 64.3 Å². The van der Waals surface area contributed by atoms with Gasteiger partial charge >= 0.3 is 5.97 Å². The van der Waals surface area contributed by atoms with Crippen molar-refractivity contribution >= 4 is 5.97 Å². The monoisotopic (exact) mass is 230 g/mol. The quantitative estimate of drug-likeness (QED) is 0.856. The molecule has 1 heterocycles. The van der Waals surface area contributed by atoms with Crippen molar-refractivity contribution in [1.82, 2.24) is 4.90 Å². The van der Waals surface area contributed by atoms with Crippen molar-refractivity contribution in [2.24, 2.45) is 0 Å². The maximum absolute atomic E-state index is 11.0. The molecule has 2 rings (SSSR count). The molecule has 1 aromatic carbocycles. The fourth-order valence-electron chi connectivity index (χ4n) is 2.28. The van der Waals surface area contributed by atoms with Crippen molar-refractivity contribution in [3.63, 3.8) is 0 Å². The molecular weight excluding hydrogens is 216 g/mol. The Morgan fingerprint density at radius 2 is 2.29 bits per heavy atom. The number of carboxylic acid groups (broad SMARTS) is 1. The number of hydrogen-bond acceptors (Lipinski definition) is 3. The van der Waals surface area contributed by atoms with E-state index in [4.69, 9.17) is 10.4 Å². The molecule has 1 unspecified atom stereocenters. The van der Waals surface area contributed by atoms with Crippen LogP contribution in [0.25, 0.3) is 0 Å². The van der Waals surface area contributed by atoms with E-state index in [-0.39, 0.29) is 0 Å². The van der Waals surface area contributed by atoms with E-state index in [1.807, 2.05) is 23.1 Å². The molecule has 1 fully saturated rings. The zero-order chi connectivity index (χ0) is 12.3. The summed E-state index contributed by atoms with van der Waals surface area (Å²) >= 11 is 0. The lowest BCUT2D eigenvalue weighted by Gasteiger charge is -2.21. The molecule has 0 radical (unpaired) electrons. The second kappa shape index (κ2) is 4.98. The fourth-order valence-corrected chi connectivity index (χ4v) is 2.28. The van der Waals surface area contributed by atoms with Crippen LogP contribution in [0.2, 0.25) is 0 Å². The second-order valence-electron chi connectivity index (χ2n) is 4.24. The molecule has 1 atom stereocenters. The summed E-state index contributed by atoms with van der Waals surface area (Å²) in [5.41, 5.74) is 1.53. The third kappa shape index (κ3) is 2.45. The van der Waals surface area contributed by atoms with Gasteiger partial charge in [-0.05, 0) is 31.0 Å². The van der Waals surface area contributed by atoms with E-state index < -0.39 is 12.0 Å². The van der Waals surface area contributed by atoms with Gasteiger partial charge in [0.1, 0.15) is 6.04 Å². The first kappa shape index (κ1) is 11.6. The Balaban J connectivity index is 2.15. The van der Waals surface area contributed by atoms with Crippen molar-refractivity contribution < 1.29 is 9.90 Å². The van der Waals surface area contributed by atoms with Crippen LogP contribution >= 0.6 is 0 Å². The molecule has 1 saturated heterocycles. The predicted octanol–water partition coefficient (Wildman–Crippen LogP) is 1.61. The normalized spacial score (nSPS) is 20.1. The summed E-state index contributed by atoms with van der Waals surface area (Å²) in [5, 5.41) is 18.1. The second-order valence-corrected chi connectivity index (χ2v) is 4.24. The van der Waals surface area contributed by atoms with E-state index in [1.165, 1.54) is 0 Å². The Bertz CT molecular complexity index is 465. The summed E-state index contributed by atoms with van der Waals surface area (Å²) in [6.07, 6.45) is 1.61. The highest BCUT2D eigenvalue weighted by molar-refractivity contribution is 5.73. The molecule has 1 aliphatic heterocycles. The average molecular weight is 230 g/mol. The number of carbonyl (C=O) groups is 1. The maximum atomic E-state index is 11.0. The Kier molecular flexibility index (Phi) is 3.40. The SMILES string of the molecule is N#Cc1ccccc1CN1CCCC1C(=O)O. The minimum Gasteiger partial charge on any atom is -0.480 e. The van der Waals surface area contributed by atoms with Gasteiger partial charge in [0.05, 0.1) is 11.6 Å². The van der Waals surface area contributed by atoms with Gasteiger partial charge < -0.3 is 5.11 Å². The summed E-state index contributed by atoms with van der Waals surface area (Å²) < 4.78 is 0. The van der Waals surface area contributed by atoms with Crippen LogP contribution in [0.1, 0.15) is 24.0 Å². The summed E-state index contributed by atoms with van der Waals surface area (Å²) in [7, 11) is 0. The number of benzene rings is 1. The lowest BCUT2D eigenvalue weighted by Crippen LogP contribution is -2.35. The van der Waals surface area contributed by atoms with Gasteiger partial charge in [0, 0.05) is 6.54 Å². The highest BCUT2D eigenvalue weighted by Gasteiger charge is 2.30. The van der Waals surface area contributed by atoms with Gasteiger partial charge in [-0.1, -0.05) is 18.2 Å². The van der Waals surface area contributed by atoms with E-state index in [2.05, 4.69) is 6.07 Å². The first-order valence-corrected chi connectivity index (χ1v) is 5.67. The summed E-state index contributed by atoms with van der Waals surface area (Å²) in [6.45, 7) is 1.33. The molecule has 88 valence electrons. The molecule has 0 saturated carbocycles. The van der Waals surface area contributed by atoms with Crippen molar-refractivity contribution in [3.8, 4) is 6.07 Å². The van der Waals surface area contributed by atoms with Gasteiger partial charge in [-0.15, -0.1) is 0 Å². The van der Waals surface area contributed by atoms with Crippen LogP contribution in [0.15, 0.2) is 24.3 Å². The van der Waals surface area contributed by atoms with Gasteiger partial charge in [0.15, 0.2) is 0 Å². The molecule has 0 bridgehead atoms. The summed E-state index contributed by atoms with van der Waals surface area (Å²) in [5.74, 6) is -0.767. The third-order valence-electron chi connectivity index (χ3n) is 3.16. The number of nitriles is 1. The summed E-state index contributed by atoms with van der Waals surface area (Å²) in [4.78, 5) is 13.0. The Labute approximate surface area is 100 Å². The standard InChI is InChI=1S/C13H14N2O2/c14-8-10-4-1-2-5-11(10)9-15-7-3-6-12(15)13(16)17/h1-2,4-5,12H,3,6-7,9H2,(H,16,17). The molecule has 1 N–H and O–H groups in total. The van der Waals surface area contributed by atoms with E-state index >= 15 is 0 Å². The van der Waals surface area contributed by atoms with Crippen molar-refractivity contribution in [2.45, 2.75) is 25.4 Å². The smallest absolute Gasteiger partial charge is 0.320 e. The van der Waals surface area contributed by atoms with Gasteiger partial charge in [0.25, 0.3) is 0 Å². The van der Waals surface area contributed by atoms with E-state index in [9.17, 15) is 4.79 Å². The zero-order valence-electron chi connectivity index (χ0n) is 9.47. The molecule has 1 aliphatic rings. The fraction of sp³-hybridized carbons (Fsp3) is 0.385. The molecule has 17 heavy (non-hydrogen) atoms. The highest BCUT2D eigenvalue weighted by atomic mass is 16.4. The number of rotatable bonds is 3. The number of hydrogen-bond donors (Lipinski definition) is 1. The van der Waals surface area contributed by atoms with Gasteiger partial charge in [-0.2, -0.15) is 5.26 Å². The minimum absolute atomic E-state index is 0.401. The summed E-state index contributed by atoms with van der Waals surface area (Å²) in [6, 6.07) is 9.09. The number of aliphatic carboxylic acids is 1. The zero-order valence-corrected chi connectivity index (χ0v) is 9.47. The average Bonchev–Trinajstić information content (AvgIpc) is 2.78. The largest absolute Gasteiger partial charge is 0.480 e. The van der Waals surface area contributed by atoms with Crippen LogP contribution in [0.5, 0.6) is 0 Å². The molecule has 0 aromatic heterocycles. The van der Waals surface area contributed by atoms with Crippen molar-refractivity contribution in [1.29, 1.82) is 5.26 Å². The molecule has 4 heteroatoms. The Hall–Kier alpha value is -1.86. The van der Waals surface area contributed by atoms with Crippen LogP contribution in [0.4, 0.5) is 0 Å². The van der Waals surface area contributed by atoms with Crippen LogP contribution in [0, 0.1) is 11.3 Å². The van der Waals surface area contributed by atoms with Crippen LogP contribution in [-0.4, -0.2) is 28.6 Å². The molecule has 0 amide bonds. The van der Waals surface area contributed by atoms with Crippen LogP contribution < -0.4 is 0 Å². The lowest BCUT2D eigenvalue weighted by molar-refractivity contribution is -0.142. The van der Waals surface area contributed by atoms with E-state index in [0.717, 1.165) is 18.5 Å². The van der Waals surface area contributed by atoms with E-state index in [0.29, 0.717) is 18.5 Å². The molecule has 0 spiro atoms. The predicted molar refractivity (Wildman–Crippen MR) is 62.2 cm³/mol. The Morgan fingerprint density at radius 3 is 3.00 bits per heavy atom. The Morgan fingerprint density at radius 1 is 1.53 bits per heavy atom. The molecule has 4 nitrogen and oxygen atoms in total. The number of nitrogens with zero attached hydrogens (tertiary/aromatic N) is 2. The van der Waals surface area contributed by atoms with Crippen LogP contribution in [0.3, 0.4) is 0 Å². The first-order chi connectivity index (χ1) is 8.22. The molecular formula is C13H14N2O2. The molecule has 0 aliphatic carbocycles.